The van der Waals surface area contributed by atoms with Crippen molar-refractivity contribution in [2.45, 2.75) is 6.04 Å². The third-order valence-corrected chi connectivity index (χ3v) is 5.85. The molecule has 182 valence electrons. The number of amides is 1. The molecule has 9 nitrogen and oxygen atoms in total. The Bertz CT molecular complexity index is 1100. The zero-order chi connectivity index (χ0) is 25.0. The molecule has 0 bridgehead atoms. The molecule has 2 aromatic rings. The van der Waals surface area contributed by atoms with Crippen LogP contribution in [0.1, 0.15) is 11.6 Å². The minimum absolute atomic E-state index is 0.332. The number of carbonyl (C=O) groups excluding carboxylic acids is 1. The summed E-state index contributed by atoms with van der Waals surface area (Å²) in [5, 5.41) is 9.65. The summed E-state index contributed by atoms with van der Waals surface area (Å²) < 4.78 is 27.0. The Balaban J connectivity index is 2.04. The van der Waals surface area contributed by atoms with Gasteiger partial charge in [0, 0.05) is 17.8 Å². The first-order valence-corrected chi connectivity index (χ1v) is 10.8. The fourth-order valence-electron chi connectivity index (χ4n) is 3.72. The van der Waals surface area contributed by atoms with Crippen LogP contribution >= 0.6 is 23.8 Å². The van der Waals surface area contributed by atoms with Crippen molar-refractivity contribution in [3.8, 4) is 28.7 Å². The van der Waals surface area contributed by atoms with E-state index in [4.69, 9.17) is 47.5 Å². The third kappa shape index (κ3) is 4.92. The van der Waals surface area contributed by atoms with E-state index in [1.165, 1.54) is 35.5 Å². The molecular formula is C23H26ClN3O6S. The lowest BCUT2D eigenvalue weighted by molar-refractivity contribution is -0.119. The number of hydrogen-bond acceptors (Lipinski definition) is 7. The van der Waals surface area contributed by atoms with Gasteiger partial charge in [-0.05, 0) is 29.9 Å². The van der Waals surface area contributed by atoms with Gasteiger partial charge in [0.05, 0.1) is 52.3 Å². The summed E-state index contributed by atoms with van der Waals surface area (Å²) in [5.74, 6) is 0.937. The first kappa shape index (κ1) is 25.3. The van der Waals surface area contributed by atoms with E-state index in [-0.39, 0.29) is 5.91 Å². The van der Waals surface area contributed by atoms with Crippen LogP contribution in [0.5, 0.6) is 28.7 Å². The van der Waals surface area contributed by atoms with E-state index in [0.29, 0.717) is 55.8 Å². The normalized spacial score (nSPS) is 17.2. The van der Waals surface area contributed by atoms with Gasteiger partial charge in [-0.25, -0.2) is 0 Å². The Kier molecular flexibility index (Phi) is 7.95. The van der Waals surface area contributed by atoms with Crippen LogP contribution < -0.4 is 39.6 Å². The summed E-state index contributed by atoms with van der Waals surface area (Å²) in [6.07, 6.45) is 0. The molecule has 1 saturated heterocycles. The van der Waals surface area contributed by atoms with Gasteiger partial charge in [0.2, 0.25) is 11.7 Å². The molecular weight excluding hydrogens is 482 g/mol. The number of hydrogen-bond donors (Lipinski definition) is 3. The largest absolute Gasteiger partial charge is 0.495 e. The number of nitrogens with one attached hydrogen (secondary N) is 3. The highest BCUT2D eigenvalue weighted by Gasteiger charge is 2.38. The Morgan fingerprint density at radius 2 is 1.53 bits per heavy atom. The highest BCUT2D eigenvalue weighted by atomic mass is 35.5. The molecule has 0 spiro atoms. The summed E-state index contributed by atoms with van der Waals surface area (Å²) in [5.41, 5.74) is 1.48. The van der Waals surface area contributed by atoms with E-state index in [9.17, 15) is 4.79 Å². The quantitative estimate of drug-likeness (QED) is 0.462. The maximum Gasteiger partial charge on any atom is 0.235 e. The summed E-state index contributed by atoms with van der Waals surface area (Å²) in [6.45, 7) is 4.03. The monoisotopic (exact) mass is 507 g/mol. The van der Waals surface area contributed by atoms with E-state index in [1.807, 2.05) is 0 Å². The van der Waals surface area contributed by atoms with E-state index in [2.05, 4.69) is 22.5 Å². The van der Waals surface area contributed by atoms with Crippen molar-refractivity contribution >= 4 is 40.5 Å². The zero-order valence-electron chi connectivity index (χ0n) is 19.4. The molecule has 0 saturated carbocycles. The molecule has 2 aromatic carbocycles. The smallest absolute Gasteiger partial charge is 0.235 e. The zero-order valence-corrected chi connectivity index (χ0v) is 21.0. The first-order valence-electron chi connectivity index (χ1n) is 10.1. The minimum Gasteiger partial charge on any atom is -0.495 e. The Morgan fingerprint density at radius 1 is 0.941 bits per heavy atom. The van der Waals surface area contributed by atoms with E-state index in [1.54, 1.807) is 24.3 Å². The molecule has 0 unspecified atom stereocenters. The number of anilines is 1. The maximum absolute atomic E-state index is 13.5. The number of ether oxygens (including phenoxy) is 5. The molecule has 11 heteroatoms. The second-order valence-electron chi connectivity index (χ2n) is 7.21. The van der Waals surface area contributed by atoms with Crippen molar-refractivity contribution in [2.75, 3.05) is 40.9 Å². The number of benzene rings is 2. The lowest BCUT2D eigenvalue weighted by Gasteiger charge is -2.36. The molecule has 3 N–H and O–H groups in total. The topological polar surface area (TPSA) is 99.3 Å². The van der Waals surface area contributed by atoms with Crippen molar-refractivity contribution < 1.29 is 28.5 Å². The van der Waals surface area contributed by atoms with Crippen LogP contribution in [-0.4, -0.2) is 46.6 Å². The van der Waals surface area contributed by atoms with Crippen molar-refractivity contribution in [3.63, 3.8) is 0 Å². The molecule has 1 aliphatic heterocycles. The molecule has 0 radical (unpaired) electrons. The highest BCUT2D eigenvalue weighted by molar-refractivity contribution is 7.80. The molecule has 3 rings (SSSR count). The predicted octanol–water partition coefficient (Wildman–Crippen LogP) is 3.67. The Hall–Kier alpha value is -3.37. The van der Waals surface area contributed by atoms with Gasteiger partial charge in [-0.3, -0.25) is 4.79 Å². The predicted molar refractivity (Wildman–Crippen MR) is 134 cm³/mol. The molecule has 1 fully saturated rings. The summed E-state index contributed by atoms with van der Waals surface area (Å²) in [4.78, 5) is 13.5. The van der Waals surface area contributed by atoms with Gasteiger partial charge in [-0.2, -0.15) is 0 Å². The number of carbonyl (C=O) groups is 1. The van der Waals surface area contributed by atoms with Crippen LogP contribution in [0.15, 0.2) is 36.5 Å². The molecule has 1 amide bonds. The van der Waals surface area contributed by atoms with Crippen LogP contribution in [0.4, 0.5) is 5.69 Å². The van der Waals surface area contributed by atoms with Crippen molar-refractivity contribution in [1.82, 2.24) is 10.6 Å². The number of rotatable bonds is 8. The third-order valence-electron chi connectivity index (χ3n) is 5.33. The van der Waals surface area contributed by atoms with Gasteiger partial charge >= 0.3 is 0 Å². The van der Waals surface area contributed by atoms with Crippen molar-refractivity contribution in [2.24, 2.45) is 5.92 Å². The standard InChI is InChI=1S/C23H26ClN3O6S/c1-11-19(22(28)26-14-10-15(29-2)13(24)9-16(14)30-3)20(27-23(34)25-11)12-7-17(31-4)21(33-6)18(8-12)32-5/h7-10,19-20H,1H2,2-6H3,(H,26,28)(H2,25,27,34)/t19-,20-/m1/s1. The fraction of sp³-hybridized carbons (Fsp3) is 0.304. The molecule has 0 aromatic heterocycles. The Morgan fingerprint density at radius 3 is 2.06 bits per heavy atom. The fourth-order valence-corrected chi connectivity index (χ4v) is 4.21. The molecule has 1 aliphatic rings. The Labute approximate surface area is 208 Å². The van der Waals surface area contributed by atoms with Gasteiger partial charge in [-0.15, -0.1) is 0 Å². The lowest BCUT2D eigenvalue weighted by atomic mass is 9.88. The maximum atomic E-state index is 13.5. The van der Waals surface area contributed by atoms with Crippen LogP contribution in [-0.2, 0) is 4.79 Å². The lowest BCUT2D eigenvalue weighted by Crippen LogP contribution is -2.51. The molecule has 0 aliphatic carbocycles. The van der Waals surface area contributed by atoms with Gasteiger partial charge in [-0.1, -0.05) is 18.2 Å². The second kappa shape index (κ2) is 10.7. The van der Waals surface area contributed by atoms with Gasteiger partial charge in [0.15, 0.2) is 16.6 Å². The summed E-state index contributed by atoms with van der Waals surface area (Å²) >= 11 is 11.5. The van der Waals surface area contributed by atoms with Crippen LogP contribution in [0, 0.1) is 5.92 Å². The van der Waals surface area contributed by atoms with Crippen LogP contribution in [0.3, 0.4) is 0 Å². The SMILES string of the molecule is C=C1NC(=S)N[C@H](c2cc(OC)c(OC)c(OC)c2)[C@@H]1C(=O)Nc1cc(OC)c(Cl)cc1OC. The van der Waals surface area contributed by atoms with Crippen LogP contribution in [0.2, 0.25) is 5.02 Å². The van der Waals surface area contributed by atoms with Gasteiger partial charge in [0.1, 0.15) is 17.4 Å². The van der Waals surface area contributed by atoms with Crippen LogP contribution in [0.25, 0.3) is 0 Å². The average molecular weight is 508 g/mol. The highest BCUT2D eigenvalue weighted by Crippen LogP contribution is 2.43. The second-order valence-corrected chi connectivity index (χ2v) is 8.03. The number of methoxy groups -OCH3 is 5. The summed E-state index contributed by atoms with van der Waals surface area (Å²) in [6, 6.07) is 6.08. The van der Waals surface area contributed by atoms with Gasteiger partial charge in [0.25, 0.3) is 0 Å². The van der Waals surface area contributed by atoms with E-state index >= 15 is 0 Å². The number of thiocarbonyl (C=S) groups is 1. The number of halogens is 1. The average Bonchev–Trinajstić information content (AvgIpc) is 2.82. The van der Waals surface area contributed by atoms with Crippen molar-refractivity contribution in [1.29, 1.82) is 0 Å². The van der Waals surface area contributed by atoms with Crippen molar-refractivity contribution in [3.05, 3.63) is 47.1 Å². The van der Waals surface area contributed by atoms with E-state index < -0.39 is 12.0 Å². The minimum atomic E-state index is -0.777. The first-order chi connectivity index (χ1) is 16.3. The molecule has 1 heterocycles. The van der Waals surface area contributed by atoms with Gasteiger partial charge < -0.3 is 39.6 Å². The molecule has 34 heavy (non-hydrogen) atoms. The van der Waals surface area contributed by atoms with E-state index in [0.717, 1.165) is 0 Å². The summed E-state index contributed by atoms with van der Waals surface area (Å²) in [7, 11) is 7.52. The molecule has 2 atom stereocenters.